The maximum atomic E-state index is 12.1. The van der Waals surface area contributed by atoms with Gasteiger partial charge >= 0.3 is 0 Å². The van der Waals surface area contributed by atoms with Gasteiger partial charge in [-0.2, -0.15) is 0 Å². The van der Waals surface area contributed by atoms with Gasteiger partial charge < -0.3 is 5.32 Å². The van der Waals surface area contributed by atoms with Crippen molar-refractivity contribution < 1.29 is 13.2 Å². The molecule has 1 amide bonds. The van der Waals surface area contributed by atoms with Crippen molar-refractivity contribution in [3.05, 3.63) is 58.0 Å². The van der Waals surface area contributed by atoms with Crippen molar-refractivity contribution in [1.29, 1.82) is 0 Å². The van der Waals surface area contributed by atoms with Crippen LogP contribution in [0.1, 0.15) is 0 Å². The minimum atomic E-state index is -3.67. The summed E-state index contributed by atoms with van der Waals surface area (Å²) in [6.45, 7) is 0. The molecule has 21 heavy (non-hydrogen) atoms. The fourth-order valence-corrected chi connectivity index (χ4v) is 3.54. The van der Waals surface area contributed by atoms with Gasteiger partial charge in [0.25, 0.3) is 0 Å². The number of rotatable bonds is 4. The first-order valence-electron chi connectivity index (χ1n) is 5.91. The van der Waals surface area contributed by atoms with Crippen molar-refractivity contribution in [3.63, 3.8) is 0 Å². The van der Waals surface area contributed by atoms with E-state index in [-0.39, 0.29) is 4.90 Å². The highest BCUT2D eigenvalue weighted by atomic mass is 79.9. The molecule has 0 atom stereocenters. The van der Waals surface area contributed by atoms with E-state index < -0.39 is 21.5 Å². The van der Waals surface area contributed by atoms with Crippen molar-refractivity contribution in [3.8, 4) is 0 Å². The van der Waals surface area contributed by atoms with Gasteiger partial charge in [-0.05, 0) is 30.3 Å². The fourth-order valence-electron chi connectivity index (χ4n) is 1.66. The Kier molecular flexibility index (Phi) is 5.03. The summed E-state index contributed by atoms with van der Waals surface area (Å²) in [5.41, 5.74) is 0.369. The van der Waals surface area contributed by atoms with Crippen LogP contribution < -0.4 is 5.32 Å². The standard InChI is InChI=1S/C14H11BrClNO3S/c15-10-6-7-13(12(16)8-10)17-14(18)9-21(19,20)11-4-2-1-3-5-11/h1-8H,9H2,(H,17,18). The van der Waals surface area contributed by atoms with Crippen molar-refractivity contribution in [1.82, 2.24) is 0 Å². The lowest BCUT2D eigenvalue weighted by Gasteiger charge is -2.08. The molecule has 2 rings (SSSR count). The Morgan fingerprint density at radius 2 is 1.81 bits per heavy atom. The van der Waals surface area contributed by atoms with E-state index in [0.29, 0.717) is 10.7 Å². The molecule has 0 saturated carbocycles. The van der Waals surface area contributed by atoms with Crippen molar-refractivity contribution in [2.75, 3.05) is 11.1 Å². The molecule has 0 unspecified atom stereocenters. The van der Waals surface area contributed by atoms with Gasteiger partial charge in [-0.1, -0.05) is 45.7 Å². The van der Waals surface area contributed by atoms with Crippen LogP contribution in [0.25, 0.3) is 0 Å². The topological polar surface area (TPSA) is 63.2 Å². The third kappa shape index (κ3) is 4.30. The van der Waals surface area contributed by atoms with E-state index in [1.54, 1.807) is 36.4 Å². The second-order valence-electron chi connectivity index (χ2n) is 4.24. The Morgan fingerprint density at radius 3 is 2.43 bits per heavy atom. The molecule has 0 saturated heterocycles. The van der Waals surface area contributed by atoms with Crippen molar-refractivity contribution in [2.45, 2.75) is 4.90 Å². The van der Waals surface area contributed by atoms with E-state index in [1.165, 1.54) is 12.1 Å². The van der Waals surface area contributed by atoms with Crippen LogP contribution in [-0.4, -0.2) is 20.1 Å². The molecule has 0 aliphatic rings. The van der Waals surface area contributed by atoms with Gasteiger partial charge in [0.2, 0.25) is 5.91 Å². The Bertz CT molecular complexity index is 763. The highest BCUT2D eigenvalue weighted by Crippen LogP contribution is 2.25. The average Bonchev–Trinajstić information content (AvgIpc) is 2.42. The monoisotopic (exact) mass is 387 g/mol. The first kappa shape index (κ1) is 16.0. The lowest BCUT2D eigenvalue weighted by molar-refractivity contribution is -0.113. The average molecular weight is 389 g/mol. The zero-order valence-corrected chi connectivity index (χ0v) is 13.9. The molecule has 0 spiro atoms. The molecule has 1 N–H and O–H groups in total. The van der Waals surface area contributed by atoms with Crippen LogP contribution in [-0.2, 0) is 14.6 Å². The smallest absolute Gasteiger partial charge is 0.240 e. The van der Waals surface area contributed by atoms with Gasteiger partial charge in [0.1, 0.15) is 5.75 Å². The van der Waals surface area contributed by atoms with Crippen molar-refractivity contribution in [2.24, 2.45) is 0 Å². The fraction of sp³-hybridized carbons (Fsp3) is 0.0714. The quantitative estimate of drug-likeness (QED) is 0.871. The first-order chi connectivity index (χ1) is 9.88. The molecule has 0 fully saturated rings. The van der Waals surface area contributed by atoms with E-state index in [0.717, 1.165) is 4.47 Å². The van der Waals surface area contributed by atoms with Crippen LogP contribution in [0.3, 0.4) is 0 Å². The second kappa shape index (κ2) is 6.60. The molecule has 2 aromatic rings. The molecule has 0 radical (unpaired) electrons. The molecular formula is C14H11BrClNO3S. The number of anilines is 1. The van der Waals surface area contributed by atoms with E-state index >= 15 is 0 Å². The Labute approximate surface area is 136 Å². The summed E-state index contributed by atoms with van der Waals surface area (Å²) in [6, 6.07) is 12.7. The zero-order valence-electron chi connectivity index (χ0n) is 10.7. The maximum Gasteiger partial charge on any atom is 0.240 e. The van der Waals surface area contributed by atoms with E-state index in [9.17, 15) is 13.2 Å². The summed E-state index contributed by atoms with van der Waals surface area (Å²) in [5, 5.41) is 2.82. The van der Waals surface area contributed by atoms with Crippen molar-refractivity contribution >= 4 is 49.0 Å². The normalized spacial score (nSPS) is 11.1. The minimum absolute atomic E-state index is 0.113. The molecule has 110 valence electrons. The summed E-state index contributed by atoms with van der Waals surface area (Å²) >= 11 is 9.22. The Balaban J connectivity index is 2.12. The number of carbonyl (C=O) groups is 1. The largest absolute Gasteiger partial charge is 0.324 e. The number of benzene rings is 2. The molecule has 7 heteroatoms. The lowest BCUT2D eigenvalue weighted by Crippen LogP contribution is -2.23. The molecule has 4 nitrogen and oxygen atoms in total. The van der Waals surface area contributed by atoms with Crippen LogP contribution >= 0.6 is 27.5 Å². The Hall–Kier alpha value is -1.37. The molecule has 0 aromatic heterocycles. The van der Waals surface area contributed by atoms with Gasteiger partial charge in [-0.25, -0.2) is 8.42 Å². The number of halogens is 2. The summed E-state index contributed by atoms with van der Waals surface area (Å²) < 4.78 is 24.9. The predicted molar refractivity (Wildman–Crippen MR) is 86.3 cm³/mol. The zero-order chi connectivity index (χ0) is 15.5. The molecule has 0 aliphatic heterocycles. The summed E-state index contributed by atoms with van der Waals surface area (Å²) in [4.78, 5) is 12.0. The summed E-state index contributed by atoms with van der Waals surface area (Å²) in [5.74, 6) is -1.27. The molecule has 0 bridgehead atoms. The highest BCUT2D eigenvalue weighted by Gasteiger charge is 2.19. The van der Waals surface area contributed by atoms with Crippen LogP contribution in [0.15, 0.2) is 57.9 Å². The summed E-state index contributed by atoms with van der Waals surface area (Å²) in [6.07, 6.45) is 0. The van der Waals surface area contributed by atoms with Crippen LogP contribution in [0.4, 0.5) is 5.69 Å². The molecular weight excluding hydrogens is 378 g/mol. The number of sulfone groups is 1. The first-order valence-corrected chi connectivity index (χ1v) is 8.73. The number of amides is 1. The van der Waals surface area contributed by atoms with Crippen LogP contribution in [0, 0.1) is 0 Å². The molecule has 0 heterocycles. The van der Waals surface area contributed by atoms with E-state index in [4.69, 9.17) is 11.6 Å². The minimum Gasteiger partial charge on any atom is -0.324 e. The van der Waals surface area contributed by atoms with Gasteiger partial charge in [0.05, 0.1) is 15.6 Å². The predicted octanol–water partition coefficient (Wildman–Crippen LogP) is 3.51. The van der Waals surface area contributed by atoms with Gasteiger partial charge in [-0.15, -0.1) is 0 Å². The molecule has 0 aliphatic carbocycles. The molecule has 2 aromatic carbocycles. The van der Waals surface area contributed by atoms with Gasteiger partial charge in [-0.3, -0.25) is 4.79 Å². The van der Waals surface area contributed by atoms with Crippen LogP contribution in [0.2, 0.25) is 5.02 Å². The number of hydrogen-bond donors (Lipinski definition) is 1. The third-order valence-electron chi connectivity index (χ3n) is 2.63. The van der Waals surface area contributed by atoms with E-state index in [1.807, 2.05) is 0 Å². The Morgan fingerprint density at radius 1 is 1.14 bits per heavy atom. The van der Waals surface area contributed by atoms with Crippen LogP contribution in [0.5, 0.6) is 0 Å². The maximum absolute atomic E-state index is 12.1. The number of hydrogen-bond acceptors (Lipinski definition) is 3. The lowest BCUT2D eigenvalue weighted by atomic mass is 10.3. The summed E-state index contributed by atoms with van der Waals surface area (Å²) in [7, 11) is -3.67. The number of nitrogens with one attached hydrogen (secondary N) is 1. The van der Waals surface area contributed by atoms with Gasteiger partial charge in [0, 0.05) is 4.47 Å². The van der Waals surface area contributed by atoms with Gasteiger partial charge in [0.15, 0.2) is 9.84 Å². The third-order valence-corrected chi connectivity index (χ3v) is 5.07. The SMILES string of the molecule is O=C(CS(=O)(=O)c1ccccc1)Nc1ccc(Br)cc1Cl. The second-order valence-corrected chi connectivity index (χ2v) is 7.56. The highest BCUT2D eigenvalue weighted by molar-refractivity contribution is 9.10. The van der Waals surface area contributed by atoms with E-state index in [2.05, 4.69) is 21.2 Å². The number of carbonyl (C=O) groups excluding carboxylic acids is 1.